The fraction of sp³-hybridized carbons (Fsp3) is 0.533. The SMILES string of the molecule is C[C@H](Nc1nc2cc(Cl)c(F)cc2s1)C1CCCCC1. The quantitative estimate of drug-likeness (QED) is 0.813. The Hall–Kier alpha value is -0.870. The summed E-state index contributed by atoms with van der Waals surface area (Å²) in [5.74, 6) is 0.339. The van der Waals surface area contributed by atoms with Crippen molar-refractivity contribution >= 4 is 38.3 Å². The van der Waals surface area contributed by atoms with E-state index in [0.29, 0.717) is 6.04 Å². The van der Waals surface area contributed by atoms with Gasteiger partial charge in [-0.1, -0.05) is 42.2 Å². The lowest BCUT2D eigenvalue weighted by molar-refractivity contribution is 0.328. The zero-order valence-electron chi connectivity index (χ0n) is 11.5. The minimum atomic E-state index is -0.380. The van der Waals surface area contributed by atoms with Gasteiger partial charge in [0.15, 0.2) is 5.13 Å². The van der Waals surface area contributed by atoms with Gasteiger partial charge < -0.3 is 5.32 Å². The van der Waals surface area contributed by atoms with Gasteiger partial charge >= 0.3 is 0 Å². The van der Waals surface area contributed by atoms with Crippen molar-refractivity contribution < 1.29 is 4.39 Å². The van der Waals surface area contributed by atoms with Crippen LogP contribution in [0.25, 0.3) is 10.2 Å². The summed E-state index contributed by atoms with van der Waals surface area (Å²) < 4.78 is 14.3. The molecule has 1 fully saturated rings. The molecule has 1 N–H and O–H groups in total. The summed E-state index contributed by atoms with van der Waals surface area (Å²) in [4.78, 5) is 4.51. The summed E-state index contributed by atoms with van der Waals surface area (Å²) in [5, 5.41) is 4.48. The number of anilines is 1. The standard InChI is InChI=1S/C15H18ClFN2S/c1-9(10-5-3-2-4-6-10)18-15-19-13-7-11(16)12(17)8-14(13)20-15/h7-10H,2-6H2,1H3,(H,18,19)/t9-/m0/s1. The first-order valence-electron chi connectivity index (χ1n) is 7.15. The Kier molecular flexibility index (Phi) is 4.13. The number of rotatable bonds is 3. The summed E-state index contributed by atoms with van der Waals surface area (Å²) in [5.41, 5.74) is 0.764. The Labute approximate surface area is 127 Å². The van der Waals surface area contributed by atoms with E-state index >= 15 is 0 Å². The molecule has 0 saturated heterocycles. The average molecular weight is 313 g/mol. The molecule has 1 aliphatic carbocycles. The number of thiazole rings is 1. The molecule has 1 saturated carbocycles. The summed E-state index contributed by atoms with van der Waals surface area (Å²) in [7, 11) is 0. The Morgan fingerprint density at radius 3 is 2.85 bits per heavy atom. The van der Waals surface area contributed by atoms with Crippen LogP contribution >= 0.6 is 22.9 Å². The summed E-state index contributed by atoms with van der Waals surface area (Å²) >= 11 is 7.29. The van der Waals surface area contributed by atoms with Crippen LogP contribution in [0.5, 0.6) is 0 Å². The van der Waals surface area contributed by atoms with E-state index in [9.17, 15) is 4.39 Å². The number of nitrogens with zero attached hydrogens (tertiary/aromatic N) is 1. The zero-order valence-corrected chi connectivity index (χ0v) is 13.0. The molecule has 0 unspecified atom stereocenters. The van der Waals surface area contributed by atoms with E-state index in [4.69, 9.17) is 11.6 Å². The second-order valence-electron chi connectivity index (χ2n) is 5.58. The molecule has 1 aliphatic rings. The molecule has 0 bridgehead atoms. The number of aromatic nitrogens is 1. The van der Waals surface area contributed by atoms with Crippen molar-refractivity contribution in [3.05, 3.63) is 23.0 Å². The van der Waals surface area contributed by atoms with Crippen LogP contribution in [0.4, 0.5) is 9.52 Å². The maximum atomic E-state index is 13.4. The van der Waals surface area contributed by atoms with Crippen molar-refractivity contribution in [1.82, 2.24) is 4.98 Å². The van der Waals surface area contributed by atoms with E-state index in [-0.39, 0.29) is 10.8 Å². The van der Waals surface area contributed by atoms with Gasteiger partial charge in [-0.15, -0.1) is 0 Å². The van der Waals surface area contributed by atoms with Crippen molar-refractivity contribution in [2.75, 3.05) is 5.32 Å². The van der Waals surface area contributed by atoms with Gasteiger partial charge in [-0.2, -0.15) is 0 Å². The molecule has 20 heavy (non-hydrogen) atoms. The van der Waals surface area contributed by atoms with E-state index in [2.05, 4.69) is 17.2 Å². The van der Waals surface area contributed by atoms with Crippen molar-refractivity contribution in [3.8, 4) is 0 Å². The third-order valence-corrected chi connectivity index (χ3v) is 5.38. The number of hydrogen-bond acceptors (Lipinski definition) is 3. The molecule has 5 heteroatoms. The Morgan fingerprint density at radius 2 is 2.10 bits per heavy atom. The molecular weight excluding hydrogens is 295 g/mol. The lowest BCUT2D eigenvalue weighted by atomic mass is 9.85. The Morgan fingerprint density at radius 1 is 1.35 bits per heavy atom. The average Bonchev–Trinajstić information content (AvgIpc) is 2.81. The highest BCUT2D eigenvalue weighted by Crippen LogP contribution is 2.32. The zero-order chi connectivity index (χ0) is 14.1. The van der Waals surface area contributed by atoms with Gasteiger partial charge in [-0.3, -0.25) is 0 Å². The summed E-state index contributed by atoms with van der Waals surface area (Å²) in [6.07, 6.45) is 6.61. The first-order chi connectivity index (χ1) is 9.63. The minimum absolute atomic E-state index is 0.134. The molecule has 0 spiro atoms. The van der Waals surface area contributed by atoms with Crippen LogP contribution in [-0.4, -0.2) is 11.0 Å². The maximum Gasteiger partial charge on any atom is 0.184 e. The van der Waals surface area contributed by atoms with E-state index in [0.717, 1.165) is 21.3 Å². The fourth-order valence-corrected chi connectivity index (χ4v) is 4.06. The van der Waals surface area contributed by atoms with Gasteiger partial charge in [0.05, 0.1) is 15.2 Å². The van der Waals surface area contributed by atoms with Crippen molar-refractivity contribution in [1.29, 1.82) is 0 Å². The van der Waals surface area contributed by atoms with E-state index in [1.54, 1.807) is 6.07 Å². The minimum Gasteiger partial charge on any atom is -0.359 e. The third-order valence-electron chi connectivity index (χ3n) is 4.14. The first kappa shape index (κ1) is 14.1. The lowest BCUT2D eigenvalue weighted by Crippen LogP contribution is -2.27. The largest absolute Gasteiger partial charge is 0.359 e. The molecule has 1 heterocycles. The molecule has 0 radical (unpaired) electrons. The molecule has 2 aromatic rings. The van der Waals surface area contributed by atoms with Crippen molar-refractivity contribution in [3.63, 3.8) is 0 Å². The number of fused-ring (bicyclic) bond motifs is 1. The number of nitrogens with one attached hydrogen (secondary N) is 1. The van der Waals surface area contributed by atoms with Crippen LogP contribution < -0.4 is 5.32 Å². The van der Waals surface area contributed by atoms with Gasteiger partial charge in [0, 0.05) is 6.04 Å². The fourth-order valence-electron chi connectivity index (χ4n) is 2.93. The summed E-state index contributed by atoms with van der Waals surface area (Å²) in [6, 6.07) is 3.47. The van der Waals surface area contributed by atoms with Crippen molar-refractivity contribution in [2.45, 2.75) is 45.1 Å². The topological polar surface area (TPSA) is 24.9 Å². The Balaban J connectivity index is 1.76. The second-order valence-corrected chi connectivity index (χ2v) is 7.02. The molecule has 3 rings (SSSR count). The highest BCUT2D eigenvalue weighted by atomic mass is 35.5. The number of benzene rings is 1. The van der Waals surface area contributed by atoms with Crippen molar-refractivity contribution in [2.24, 2.45) is 5.92 Å². The predicted molar refractivity (Wildman–Crippen MR) is 84.2 cm³/mol. The van der Waals surface area contributed by atoms with Gasteiger partial charge in [0.2, 0.25) is 0 Å². The lowest BCUT2D eigenvalue weighted by Gasteiger charge is -2.28. The second kappa shape index (κ2) is 5.86. The van der Waals surface area contributed by atoms with Crippen LogP contribution in [0.1, 0.15) is 39.0 Å². The van der Waals surface area contributed by atoms with Crippen LogP contribution in [-0.2, 0) is 0 Å². The van der Waals surface area contributed by atoms with Gasteiger partial charge in [-0.05, 0) is 37.8 Å². The van der Waals surface area contributed by atoms with Crippen LogP contribution in [0.3, 0.4) is 0 Å². The molecule has 2 nitrogen and oxygen atoms in total. The van der Waals surface area contributed by atoms with Crippen LogP contribution in [0.15, 0.2) is 12.1 Å². The first-order valence-corrected chi connectivity index (χ1v) is 8.35. The van der Waals surface area contributed by atoms with Gasteiger partial charge in [-0.25, -0.2) is 9.37 Å². The van der Waals surface area contributed by atoms with E-state index in [1.807, 2.05) is 0 Å². The molecule has 108 valence electrons. The molecule has 1 atom stereocenters. The van der Waals surface area contributed by atoms with Gasteiger partial charge in [0.25, 0.3) is 0 Å². The number of hydrogen-bond donors (Lipinski definition) is 1. The van der Waals surface area contributed by atoms with E-state index < -0.39 is 0 Å². The predicted octanol–water partition coefficient (Wildman–Crippen LogP) is 5.47. The molecule has 1 aromatic heterocycles. The van der Waals surface area contributed by atoms with E-state index in [1.165, 1.54) is 49.5 Å². The summed E-state index contributed by atoms with van der Waals surface area (Å²) in [6.45, 7) is 2.22. The molecular formula is C15H18ClFN2S. The third kappa shape index (κ3) is 2.91. The monoisotopic (exact) mass is 312 g/mol. The smallest absolute Gasteiger partial charge is 0.184 e. The normalized spacial score (nSPS) is 18.4. The van der Waals surface area contributed by atoms with Crippen LogP contribution in [0, 0.1) is 11.7 Å². The number of halogens is 2. The highest BCUT2D eigenvalue weighted by molar-refractivity contribution is 7.22. The van der Waals surface area contributed by atoms with Gasteiger partial charge in [0.1, 0.15) is 5.82 Å². The molecule has 0 aliphatic heterocycles. The molecule has 1 aromatic carbocycles. The molecule has 0 amide bonds. The Bertz CT molecular complexity index is 568. The maximum absolute atomic E-state index is 13.4. The highest BCUT2D eigenvalue weighted by Gasteiger charge is 2.21. The van der Waals surface area contributed by atoms with Crippen LogP contribution in [0.2, 0.25) is 5.02 Å².